The van der Waals surface area contributed by atoms with Crippen molar-refractivity contribution >= 4 is 10.0 Å². The Kier molecular flexibility index (Phi) is 3.29. The van der Waals surface area contributed by atoms with Crippen LogP contribution in [-0.4, -0.2) is 56.6 Å². The third kappa shape index (κ3) is 2.41. The molecule has 0 N–H and O–H groups in total. The predicted molar refractivity (Wildman–Crippen MR) is 64.8 cm³/mol. The summed E-state index contributed by atoms with van der Waals surface area (Å²) in [6.07, 6.45) is 4.61. The highest BCUT2D eigenvalue weighted by molar-refractivity contribution is 7.88. The minimum Gasteiger partial charge on any atom is -0.302 e. The standard InChI is InChI=1S/C11H22N2O2S/c1-3-6-12-9-11(10-12)4-7-13(8-5-11)16(2,14)15/h3-10H2,1-2H3. The van der Waals surface area contributed by atoms with Crippen molar-refractivity contribution < 1.29 is 8.42 Å². The number of piperidine rings is 1. The Morgan fingerprint density at radius 3 is 2.19 bits per heavy atom. The summed E-state index contributed by atoms with van der Waals surface area (Å²) in [4.78, 5) is 2.48. The van der Waals surface area contributed by atoms with Crippen LogP contribution in [0, 0.1) is 5.41 Å². The van der Waals surface area contributed by atoms with Gasteiger partial charge in [-0.05, 0) is 31.2 Å². The molecule has 0 unspecified atom stereocenters. The Labute approximate surface area is 98.7 Å². The quantitative estimate of drug-likeness (QED) is 0.738. The molecule has 0 atom stereocenters. The van der Waals surface area contributed by atoms with Crippen molar-refractivity contribution in [2.75, 3.05) is 39.0 Å². The molecular formula is C11H22N2O2S. The first-order chi connectivity index (χ1) is 7.45. The van der Waals surface area contributed by atoms with Gasteiger partial charge in [0.1, 0.15) is 0 Å². The lowest BCUT2D eigenvalue weighted by molar-refractivity contribution is -0.0337. The fourth-order valence-corrected chi connectivity index (χ4v) is 3.83. The molecule has 0 saturated carbocycles. The molecule has 94 valence electrons. The van der Waals surface area contributed by atoms with Crippen LogP contribution >= 0.6 is 0 Å². The summed E-state index contributed by atoms with van der Waals surface area (Å²) in [5, 5.41) is 0. The predicted octanol–water partition coefficient (Wildman–Crippen LogP) is 0.754. The SMILES string of the molecule is CCCN1CC2(CCN(S(C)(=O)=O)CC2)C1. The van der Waals surface area contributed by atoms with E-state index in [2.05, 4.69) is 11.8 Å². The number of likely N-dealkylation sites (tertiary alicyclic amines) is 1. The van der Waals surface area contributed by atoms with E-state index in [1.54, 1.807) is 4.31 Å². The molecule has 16 heavy (non-hydrogen) atoms. The summed E-state index contributed by atoms with van der Waals surface area (Å²) < 4.78 is 24.4. The van der Waals surface area contributed by atoms with Gasteiger partial charge in [0.2, 0.25) is 10.0 Å². The Morgan fingerprint density at radius 2 is 1.75 bits per heavy atom. The molecule has 0 radical (unpaired) electrons. The van der Waals surface area contributed by atoms with Crippen molar-refractivity contribution in [2.24, 2.45) is 5.41 Å². The van der Waals surface area contributed by atoms with Crippen LogP contribution in [-0.2, 0) is 10.0 Å². The van der Waals surface area contributed by atoms with E-state index < -0.39 is 10.0 Å². The number of rotatable bonds is 3. The largest absolute Gasteiger partial charge is 0.302 e. The maximum absolute atomic E-state index is 11.4. The molecule has 2 saturated heterocycles. The van der Waals surface area contributed by atoms with E-state index in [1.807, 2.05) is 0 Å². The van der Waals surface area contributed by atoms with Crippen LogP contribution in [0.4, 0.5) is 0 Å². The fourth-order valence-electron chi connectivity index (χ4n) is 2.99. The van der Waals surface area contributed by atoms with Crippen LogP contribution in [0.2, 0.25) is 0 Å². The first-order valence-electron chi connectivity index (χ1n) is 6.13. The molecule has 2 fully saturated rings. The number of hydrogen-bond acceptors (Lipinski definition) is 3. The summed E-state index contributed by atoms with van der Waals surface area (Å²) in [7, 11) is -2.96. The fraction of sp³-hybridized carbons (Fsp3) is 1.00. The van der Waals surface area contributed by atoms with Gasteiger partial charge >= 0.3 is 0 Å². The van der Waals surface area contributed by atoms with Gasteiger partial charge in [-0.25, -0.2) is 12.7 Å². The first-order valence-corrected chi connectivity index (χ1v) is 7.97. The minimum atomic E-state index is -2.96. The molecule has 2 rings (SSSR count). The summed E-state index contributed by atoms with van der Waals surface area (Å²) in [6, 6.07) is 0. The molecule has 0 amide bonds. The van der Waals surface area contributed by atoms with Gasteiger partial charge in [0.15, 0.2) is 0 Å². The second-order valence-electron chi connectivity index (χ2n) is 5.37. The molecule has 5 heteroatoms. The van der Waals surface area contributed by atoms with Gasteiger partial charge in [0.25, 0.3) is 0 Å². The molecule has 0 bridgehead atoms. The molecule has 4 nitrogen and oxygen atoms in total. The number of nitrogens with zero attached hydrogens (tertiary/aromatic N) is 2. The molecule has 1 spiro atoms. The van der Waals surface area contributed by atoms with Gasteiger partial charge < -0.3 is 4.90 Å². The lowest BCUT2D eigenvalue weighted by Gasteiger charge is -2.53. The molecule has 0 aliphatic carbocycles. The van der Waals surface area contributed by atoms with Crippen LogP contribution in [0.25, 0.3) is 0 Å². The monoisotopic (exact) mass is 246 g/mol. The Bertz CT molecular complexity index is 337. The van der Waals surface area contributed by atoms with Crippen molar-refractivity contribution in [1.82, 2.24) is 9.21 Å². The van der Waals surface area contributed by atoms with Gasteiger partial charge in [0, 0.05) is 26.2 Å². The van der Waals surface area contributed by atoms with Gasteiger partial charge in [-0.2, -0.15) is 0 Å². The zero-order chi connectivity index (χ0) is 11.8. The summed E-state index contributed by atoms with van der Waals surface area (Å²) >= 11 is 0. The topological polar surface area (TPSA) is 40.6 Å². The van der Waals surface area contributed by atoms with E-state index >= 15 is 0 Å². The van der Waals surface area contributed by atoms with Crippen LogP contribution in [0.15, 0.2) is 0 Å². The van der Waals surface area contributed by atoms with E-state index in [1.165, 1.54) is 32.3 Å². The average Bonchev–Trinajstić information content (AvgIpc) is 2.15. The smallest absolute Gasteiger partial charge is 0.211 e. The highest BCUT2D eigenvalue weighted by Gasteiger charge is 2.45. The molecule has 2 aliphatic rings. The third-order valence-electron chi connectivity index (χ3n) is 3.91. The normalized spacial score (nSPS) is 26.9. The van der Waals surface area contributed by atoms with Crippen molar-refractivity contribution in [3.05, 3.63) is 0 Å². The van der Waals surface area contributed by atoms with E-state index in [4.69, 9.17) is 0 Å². The van der Waals surface area contributed by atoms with Gasteiger partial charge in [-0.3, -0.25) is 0 Å². The van der Waals surface area contributed by atoms with Crippen molar-refractivity contribution in [3.8, 4) is 0 Å². The first kappa shape index (κ1) is 12.3. The molecule has 0 aromatic carbocycles. The van der Waals surface area contributed by atoms with E-state index in [0.717, 1.165) is 25.9 Å². The maximum atomic E-state index is 11.4. The van der Waals surface area contributed by atoms with Crippen LogP contribution < -0.4 is 0 Å². The Balaban J connectivity index is 1.83. The molecular weight excluding hydrogens is 224 g/mol. The molecule has 2 aliphatic heterocycles. The minimum absolute atomic E-state index is 0.441. The van der Waals surface area contributed by atoms with E-state index in [0.29, 0.717) is 5.41 Å². The Morgan fingerprint density at radius 1 is 1.19 bits per heavy atom. The van der Waals surface area contributed by atoms with E-state index in [-0.39, 0.29) is 0 Å². The van der Waals surface area contributed by atoms with Gasteiger partial charge in [-0.1, -0.05) is 6.92 Å². The lowest BCUT2D eigenvalue weighted by atomic mass is 9.72. The van der Waals surface area contributed by atoms with Crippen molar-refractivity contribution in [1.29, 1.82) is 0 Å². The zero-order valence-electron chi connectivity index (χ0n) is 10.3. The highest BCUT2D eigenvalue weighted by Crippen LogP contribution is 2.40. The average molecular weight is 246 g/mol. The third-order valence-corrected chi connectivity index (χ3v) is 5.21. The zero-order valence-corrected chi connectivity index (χ0v) is 11.1. The number of sulfonamides is 1. The molecule has 2 heterocycles. The summed E-state index contributed by atoms with van der Waals surface area (Å²) in [6.45, 7) is 7.20. The Hall–Kier alpha value is -0.130. The van der Waals surface area contributed by atoms with Crippen LogP contribution in [0.3, 0.4) is 0 Å². The van der Waals surface area contributed by atoms with Crippen LogP contribution in [0.5, 0.6) is 0 Å². The van der Waals surface area contributed by atoms with Gasteiger partial charge in [0.05, 0.1) is 6.26 Å². The summed E-state index contributed by atoms with van der Waals surface area (Å²) in [5.41, 5.74) is 0.441. The van der Waals surface area contributed by atoms with E-state index in [9.17, 15) is 8.42 Å². The lowest BCUT2D eigenvalue weighted by Crippen LogP contribution is -2.60. The number of hydrogen-bond donors (Lipinski definition) is 0. The van der Waals surface area contributed by atoms with Crippen molar-refractivity contribution in [3.63, 3.8) is 0 Å². The van der Waals surface area contributed by atoms with Crippen molar-refractivity contribution in [2.45, 2.75) is 26.2 Å². The maximum Gasteiger partial charge on any atom is 0.211 e. The second-order valence-corrected chi connectivity index (χ2v) is 7.36. The molecule has 0 aromatic rings. The second kappa shape index (κ2) is 4.27. The molecule has 0 aromatic heterocycles. The highest BCUT2D eigenvalue weighted by atomic mass is 32.2. The van der Waals surface area contributed by atoms with Crippen LogP contribution in [0.1, 0.15) is 26.2 Å². The summed E-state index contributed by atoms with van der Waals surface area (Å²) in [5.74, 6) is 0. The van der Waals surface area contributed by atoms with Gasteiger partial charge in [-0.15, -0.1) is 0 Å².